The highest BCUT2D eigenvalue weighted by molar-refractivity contribution is 9.10. The monoisotopic (exact) mass is 516 g/mol. The van der Waals surface area contributed by atoms with Crippen LogP contribution in [0.3, 0.4) is 0 Å². The number of hydrogen-bond acceptors (Lipinski definition) is 4. The van der Waals surface area contributed by atoms with Gasteiger partial charge in [0.05, 0.1) is 19.2 Å². The molecule has 0 spiro atoms. The Kier molecular flexibility index (Phi) is 7.94. The lowest BCUT2D eigenvalue weighted by molar-refractivity contribution is -0.120. The Bertz CT molecular complexity index is 1290. The molecule has 0 atom stereocenters. The smallest absolute Gasteiger partial charge is 0.244 e. The molecule has 1 N–H and O–H groups in total. The van der Waals surface area contributed by atoms with Crippen LogP contribution in [0.25, 0.3) is 10.8 Å². The summed E-state index contributed by atoms with van der Waals surface area (Å²) in [5.74, 6) is 1.29. The van der Waals surface area contributed by atoms with E-state index >= 15 is 0 Å². The van der Waals surface area contributed by atoms with Crippen molar-refractivity contribution < 1.29 is 14.3 Å². The van der Waals surface area contributed by atoms with Gasteiger partial charge in [0.25, 0.3) is 0 Å². The minimum absolute atomic E-state index is 0.196. The summed E-state index contributed by atoms with van der Waals surface area (Å²) < 4.78 is 12.6. The molecule has 6 heteroatoms. The predicted molar refractivity (Wildman–Crippen MR) is 139 cm³/mol. The average molecular weight is 517 g/mol. The van der Waals surface area contributed by atoms with Crippen LogP contribution in [0, 0.1) is 0 Å². The van der Waals surface area contributed by atoms with E-state index in [4.69, 9.17) is 9.47 Å². The molecule has 0 saturated carbocycles. The third-order valence-corrected chi connectivity index (χ3v) is 5.75. The van der Waals surface area contributed by atoms with Crippen LogP contribution in [0.15, 0.2) is 94.5 Å². The Labute approximate surface area is 207 Å². The number of hydrazone groups is 1. The zero-order valence-electron chi connectivity index (χ0n) is 18.8. The van der Waals surface area contributed by atoms with Gasteiger partial charge in [-0.25, -0.2) is 5.43 Å². The highest BCUT2D eigenvalue weighted by Crippen LogP contribution is 2.27. The fourth-order valence-corrected chi connectivity index (χ4v) is 3.80. The van der Waals surface area contributed by atoms with Gasteiger partial charge in [-0.1, -0.05) is 70.5 Å². The molecule has 0 aromatic heterocycles. The average Bonchev–Trinajstić information content (AvgIpc) is 2.85. The lowest BCUT2D eigenvalue weighted by Gasteiger charge is -2.12. The first-order valence-corrected chi connectivity index (χ1v) is 11.8. The molecule has 1 amide bonds. The van der Waals surface area contributed by atoms with Crippen molar-refractivity contribution in [3.8, 4) is 11.5 Å². The zero-order chi connectivity index (χ0) is 23.8. The van der Waals surface area contributed by atoms with Gasteiger partial charge in [0.1, 0.15) is 18.1 Å². The predicted octanol–water partition coefficient (Wildman–Crippen LogP) is 6.27. The first-order valence-electron chi connectivity index (χ1n) is 11.0. The van der Waals surface area contributed by atoms with Gasteiger partial charge in [-0.15, -0.1) is 0 Å². The van der Waals surface area contributed by atoms with Crippen molar-refractivity contribution in [3.05, 3.63) is 106 Å². The summed E-state index contributed by atoms with van der Waals surface area (Å²) in [5, 5.41) is 6.30. The molecule has 0 aliphatic carbocycles. The van der Waals surface area contributed by atoms with Gasteiger partial charge in [-0.2, -0.15) is 5.10 Å². The fourth-order valence-electron chi connectivity index (χ4n) is 3.54. The van der Waals surface area contributed by atoms with E-state index in [0.29, 0.717) is 19.0 Å². The van der Waals surface area contributed by atoms with Crippen LogP contribution in [0.1, 0.15) is 23.6 Å². The minimum atomic E-state index is -0.196. The van der Waals surface area contributed by atoms with Crippen molar-refractivity contribution in [1.29, 1.82) is 0 Å². The van der Waals surface area contributed by atoms with E-state index < -0.39 is 0 Å². The van der Waals surface area contributed by atoms with E-state index in [0.717, 1.165) is 37.7 Å². The number of rotatable bonds is 9. The van der Waals surface area contributed by atoms with E-state index in [1.54, 1.807) is 6.21 Å². The number of carbonyl (C=O) groups is 1. The molecule has 0 unspecified atom stereocenters. The first-order chi connectivity index (χ1) is 16.6. The quantitative estimate of drug-likeness (QED) is 0.210. The van der Waals surface area contributed by atoms with Crippen LogP contribution in [-0.4, -0.2) is 18.7 Å². The van der Waals surface area contributed by atoms with Crippen molar-refractivity contribution in [2.45, 2.75) is 20.0 Å². The number of halogens is 1. The van der Waals surface area contributed by atoms with Crippen molar-refractivity contribution in [3.63, 3.8) is 0 Å². The third-order valence-electron chi connectivity index (χ3n) is 5.22. The number of carbonyl (C=O) groups excluding carboxylic acids is 1. The minimum Gasteiger partial charge on any atom is -0.494 e. The fraction of sp³-hybridized carbons (Fsp3) is 0.143. The number of fused-ring (bicyclic) bond motifs is 1. The number of nitrogens with zero attached hydrogens (tertiary/aromatic N) is 1. The molecule has 0 saturated heterocycles. The maximum Gasteiger partial charge on any atom is 0.244 e. The third kappa shape index (κ3) is 6.23. The Morgan fingerprint density at radius 2 is 1.65 bits per heavy atom. The number of ether oxygens (including phenoxy) is 2. The molecule has 34 heavy (non-hydrogen) atoms. The summed E-state index contributed by atoms with van der Waals surface area (Å²) in [6.07, 6.45) is 1.88. The van der Waals surface area contributed by atoms with Crippen LogP contribution >= 0.6 is 15.9 Å². The molecule has 5 nitrogen and oxygen atoms in total. The summed E-state index contributed by atoms with van der Waals surface area (Å²) in [4.78, 5) is 12.4. The Morgan fingerprint density at radius 1 is 0.912 bits per heavy atom. The Morgan fingerprint density at radius 3 is 2.41 bits per heavy atom. The highest BCUT2D eigenvalue weighted by Gasteiger charge is 2.09. The highest BCUT2D eigenvalue weighted by atomic mass is 79.9. The molecule has 0 aliphatic rings. The van der Waals surface area contributed by atoms with Gasteiger partial charge in [0, 0.05) is 10.0 Å². The second-order valence-corrected chi connectivity index (χ2v) is 8.58. The van der Waals surface area contributed by atoms with Crippen LogP contribution in [0.5, 0.6) is 11.5 Å². The summed E-state index contributed by atoms with van der Waals surface area (Å²) in [6.45, 7) is 2.97. The second-order valence-electron chi connectivity index (χ2n) is 7.66. The van der Waals surface area contributed by atoms with Gasteiger partial charge in [0.2, 0.25) is 5.91 Å². The Hall–Kier alpha value is -3.64. The van der Waals surface area contributed by atoms with Crippen LogP contribution < -0.4 is 14.9 Å². The van der Waals surface area contributed by atoms with Crippen molar-refractivity contribution >= 4 is 38.8 Å². The second kappa shape index (κ2) is 11.5. The SMILES string of the molecule is CCOc1ccc(CC(=O)N/N=C\c2c(OCc3ccc(Br)cc3)ccc3ccccc23)cc1. The number of hydrogen-bond donors (Lipinski definition) is 1. The van der Waals surface area contributed by atoms with E-state index in [1.807, 2.05) is 91.9 Å². The maximum atomic E-state index is 12.4. The molecule has 0 heterocycles. The van der Waals surface area contributed by atoms with Crippen LogP contribution in [0.4, 0.5) is 0 Å². The molecule has 4 aromatic carbocycles. The van der Waals surface area contributed by atoms with Crippen molar-refractivity contribution in [2.24, 2.45) is 5.10 Å². The molecular formula is C28H25BrN2O3. The number of benzene rings is 4. The molecule has 4 rings (SSSR count). The lowest BCUT2D eigenvalue weighted by atomic mass is 10.0. The molecule has 0 aliphatic heterocycles. The van der Waals surface area contributed by atoms with Crippen molar-refractivity contribution in [2.75, 3.05) is 6.61 Å². The molecule has 0 bridgehead atoms. The van der Waals surface area contributed by atoms with Gasteiger partial charge in [-0.3, -0.25) is 4.79 Å². The van der Waals surface area contributed by atoms with Crippen LogP contribution in [-0.2, 0) is 17.8 Å². The van der Waals surface area contributed by atoms with E-state index in [9.17, 15) is 4.79 Å². The maximum absolute atomic E-state index is 12.4. The summed E-state index contributed by atoms with van der Waals surface area (Å²) >= 11 is 3.45. The van der Waals surface area contributed by atoms with Gasteiger partial charge in [0.15, 0.2) is 0 Å². The number of amides is 1. The van der Waals surface area contributed by atoms with Crippen molar-refractivity contribution in [1.82, 2.24) is 5.43 Å². The molecule has 172 valence electrons. The zero-order valence-corrected chi connectivity index (χ0v) is 20.4. The summed E-state index contributed by atoms with van der Waals surface area (Å²) in [6, 6.07) is 27.5. The Balaban J connectivity index is 1.47. The van der Waals surface area contributed by atoms with Gasteiger partial charge < -0.3 is 9.47 Å². The van der Waals surface area contributed by atoms with Crippen LogP contribution in [0.2, 0.25) is 0 Å². The molecule has 4 aromatic rings. The van der Waals surface area contributed by atoms with Gasteiger partial charge in [-0.05, 0) is 59.2 Å². The van der Waals surface area contributed by atoms with E-state index in [1.165, 1.54) is 0 Å². The molecule has 0 fully saturated rings. The topological polar surface area (TPSA) is 59.9 Å². The summed E-state index contributed by atoms with van der Waals surface area (Å²) in [5.41, 5.74) is 5.39. The molecular weight excluding hydrogens is 492 g/mol. The standard InChI is InChI=1S/C28H25BrN2O3/c1-2-33-24-14-9-20(10-15-24)17-28(32)31-30-18-26-25-6-4-3-5-22(25)11-16-27(26)34-19-21-7-12-23(29)13-8-21/h3-16,18H,2,17,19H2,1H3,(H,31,32)/b30-18-. The largest absolute Gasteiger partial charge is 0.494 e. The van der Waals surface area contributed by atoms with E-state index in [-0.39, 0.29) is 12.3 Å². The summed E-state index contributed by atoms with van der Waals surface area (Å²) in [7, 11) is 0. The molecule has 0 radical (unpaired) electrons. The first kappa shape index (κ1) is 23.5. The lowest BCUT2D eigenvalue weighted by Crippen LogP contribution is -2.19. The number of nitrogens with one attached hydrogen (secondary N) is 1. The normalized spacial score (nSPS) is 11.0. The van der Waals surface area contributed by atoms with E-state index in [2.05, 4.69) is 26.5 Å². The van der Waals surface area contributed by atoms with Gasteiger partial charge >= 0.3 is 0 Å².